The third kappa shape index (κ3) is 7.99. The quantitative estimate of drug-likeness (QED) is 0.315. The van der Waals surface area contributed by atoms with E-state index in [2.05, 4.69) is 59.1 Å². The van der Waals surface area contributed by atoms with Crippen LogP contribution in [0.1, 0.15) is 24.8 Å². The van der Waals surface area contributed by atoms with Crippen molar-refractivity contribution in [3.63, 3.8) is 0 Å². The van der Waals surface area contributed by atoms with Crippen molar-refractivity contribution in [2.45, 2.75) is 19.3 Å². The number of halogens is 1. The third-order valence-corrected chi connectivity index (χ3v) is 3.68. The zero-order valence-corrected chi connectivity index (χ0v) is 15.7. The Morgan fingerprint density at radius 3 is 2.55 bits per heavy atom. The molecule has 1 aromatic carbocycles. The van der Waals surface area contributed by atoms with Gasteiger partial charge in [-0.3, -0.25) is 4.99 Å². The van der Waals surface area contributed by atoms with Crippen LogP contribution in [0.3, 0.4) is 0 Å². The van der Waals surface area contributed by atoms with Crippen molar-refractivity contribution in [1.29, 1.82) is 0 Å². The minimum Gasteiger partial charge on any atom is -0.356 e. The first-order valence-corrected chi connectivity index (χ1v) is 8.15. The second-order valence-electron chi connectivity index (χ2n) is 4.54. The minimum atomic E-state index is 0. The largest absolute Gasteiger partial charge is 0.356 e. The van der Waals surface area contributed by atoms with Crippen LogP contribution < -0.4 is 10.6 Å². The van der Waals surface area contributed by atoms with Crippen LogP contribution >= 0.6 is 35.7 Å². The molecule has 0 aromatic heterocycles. The second kappa shape index (κ2) is 12.3. The molecule has 1 atom stereocenters. The molecule has 1 unspecified atom stereocenters. The number of thioether (sulfide) groups is 1. The maximum Gasteiger partial charge on any atom is 0.190 e. The summed E-state index contributed by atoms with van der Waals surface area (Å²) in [6.45, 7) is 4.09. The first-order chi connectivity index (χ1) is 9.27. The fourth-order valence-electron chi connectivity index (χ4n) is 1.79. The Kier molecular flexibility index (Phi) is 12.1. The van der Waals surface area contributed by atoms with Crippen LogP contribution in [-0.2, 0) is 0 Å². The highest BCUT2D eigenvalue weighted by Gasteiger charge is 2.05. The average molecular weight is 407 g/mol. The van der Waals surface area contributed by atoms with E-state index in [9.17, 15) is 0 Å². The highest BCUT2D eigenvalue weighted by molar-refractivity contribution is 14.0. The lowest BCUT2D eigenvalue weighted by atomic mass is 10.0. The Hall–Kier alpha value is -0.430. The van der Waals surface area contributed by atoms with Gasteiger partial charge in [-0.05, 0) is 29.9 Å². The van der Waals surface area contributed by atoms with Gasteiger partial charge in [0.1, 0.15) is 0 Å². The van der Waals surface area contributed by atoms with Crippen molar-refractivity contribution < 1.29 is 0 Å². The molecule has 1 aromatic rings. The van der Waals surface area contributed by atoms with Crippen LogP contribution in [0, 0.1) is 0 Å². The van der Waals surface area contributed by atoms with Crippen LogP contribution in [0.25, 0.3) is 0 Å². The molecule has 2 N–H and O–H groups in total. The summed E-state index contributed by atoms with van der Waals surface area (Å²) in [5.74, 6) is 2.56. The summed E-state index contributed by atoms with van der Waals surface area (Å²) in [5, 5.41) is 6.71. The summed E-state index contributed by atoms with van der Waals surface area (Å²) in [6, 6.07) is 10.6. The summed E-state index contributed by atoms with van der Waals surface area (Å²) in [7, 11) is 1.82. The Labute approximate surface area is 144 Å². The third-order valence-electron chi connectivity index (χ3n) is 2.99. The molecule has 0 spiro atoms. The van der Waals surface area contributed by atoms with Gasteiger partial charge in [0.15, 0.2) is 5.96 Å². The summed E-state index contributed by atoms with van der Waals surface area (Å²) in [6.07, 6.45) is 3.30. The van der Waals surface area contributed by atoms with Crippen LogP contribution in [-0.4, -0.2) is 38.1 Å². The molecular weight excluding hydrogens is 381 g/mol. The molecule has 0 aliphatic heterocycles. The molecular formula is C15H26IN3S. The van der Waals surface area contributed by atoms with Crippen molar-refractivity contribution >= 4 is 41.7 Å². The van der Waals surface area contributed by atoms with Gasteiger partial charge in [0, 0.05) is 20.1 Å². The number of hydrogen-bond donors (Lipinski definition) is 2. The van der Waals surface area contributed by atoms with Gasteiger partial charge >= 0.3 is 0 Å². The Bertz CT molecular complexity index is 371. The Morgan fingerprint density at radius 1 is 1.25 bits per heavy atom. The molecule has 0 bridgehead atoms. The van der Waals surface area contributed by atoms with Gasteiger partial charge in [-0.2, -0.15) is 11.8 Å². The Morgan fingerprint density at radius 2 is 1.95 bits per heavy atom. The summed E-state index contributed by atoms with van der Waals surface area (Å²) >= 11 is 1.88. The van der Waals surface area contributed by atoms with Gasteiger partial charge in [-0.1, -0.05) is 37.3 Å². The second-order valence-corrected chi connectivity index (χ2v) is 5.52. The molecule has 0 fully saturated rings. The molecule has 0 saturated carbocycles. The molecule has 3 nitrogen and oxygen atoms in total. The number of nitrogens with zero attached hydrogens (tertiary/aromatic N) is 1. The van der Waals surface area contributed by atoms with Gasteiger partial charge in [-0.15, -0.1) is 24.0 Å². The fourth-order valence-corrected chi connectivity index (χ4v) is 2.23. The van der Waals surface area contributed by atoms with E-state index < -0.39 is 0 Å². The van der Waals surface area contributed by atoms with Gasteiger partial charge in [0.2, 0.25) is 0 Å². The highest BCUT2D eigenvalue weighted by atomic mass is 127. The highest BCUT2D eigenvalue weighted by Crippen LogP contribution is 2.12. The number of guanidine groups is 1. The first-order valence-electron chi connectivity index (χ1n) is 6.76. The maximum absolute atomic E-state index is 4.24. The van der Waals surface area contributed by atoms with E-state index >= 15 is 0 Å². The van der Waals surface area contributed by atoms with E-state index in [1.165, 1.54) is 11.3 Å². The smallest absolute Gasteiger partial charge is 0.190 e. The monoisotopic (exact) mass is 407 g/mol. The van der Waals surface area contributed by atoms with Crippen molar-refractivity contribution in [3.8, 4) is 0 Å². The van der Waals surface area contributed by atoms with E-state index in [4.69, 9.17) is 0 Å². The van der Waals surface area contributed by atoms with Gasteiger partial charge in [-0.25, -0.2) is 0 Å². The van der Waals surface area contributed by atoms with E-state index in [0.717, 1.165) is 25.5 Å². The minimum absolute atomic E-state index is 0. The predicted octanol–water partition coefficient (Wildman–Crippen LogP) is 3.33. The van der Waals surface area contributed by atoms with E-state index in [1.54, 1.807) is 0 Å². The molecule has 5 heteroatoms. The van der Waals surface area contributed by atoms with E-state index in [1.807, 2.05) is 18.8 Å². The SMILES string of the molecule is CN=C(NCCCSC)NCC(C)c1ccccc1.I. The first kappa shape index (κ1) is 19.6. The standard InChI is InChI=1S/C15H25N3S.HI/c1-13(14-8-5-4-6-9-14)12-18-15(16-2)17-10-7-11-19-3;/h4-6,8-9,13H,7,10-12H2,1-3H3,(H2,16,17,18);1H. The molecule has 0 radical (unpaired) electrons. The number of nitrogens with one attached hydrogen (secondary N) is 2. The maximum atomic E-state index is 4.24. The summed E-state index contributed by atoms with van der Waals surface area (Å²) in [4.78, 5) is 4.24. The predicted molar refractivity (Wildman–Crippen MR) is 103 cm³/mol. The molecule has 0 aliphatic carbocycles. The topological polar surface area (TPSA) is 36.4 Å². The van der Waals surface area contributed by atoms with Gasteiger partial charge in [0.05, 0.1) is 0 Å². The summed E-state index contributed by atoms with van der Waals surface area (Å²) < 4.78 is 0. The normalized spacial score (nSPS) is 12.4. The van der Waals surface area contributed by atoms with Crippen LogP contribution in [0.2, 0.25) is 0 Å². The van der Waals surface area contributed by atoms with Crippen molar-refractivity contribution in [2.75, 3.05) is 32.1 Å². The van der Waals surface area contributed by atoms with Crippen molar-refractivity contribution in [3.05, 3.63) is 35.9 Å². The fraction of sp³-hybridized carbons (Fsp3) is 0.533. The van der Waals surface area contributed by atoms with E-state index in [-0.39, 0.29) is 24.0 Å². The number of aliphatic imine (C=N–C) groups is 1. The summed E-state index contributed by atoms with van der Waals surface area (Å²) in [5.41, 5.74) is 1.35. The van der Waals surface area contributed by atoms with Crippen LogP contribution in [0.4, 0.5) is 0 Å². The zero-order chi connectivity index (χ0) is 13.9. The average Bonchev–Trinajstić information content (AvgIpc) is 2.47. The van der Waals surface area contributed by atoms with E-state index in [0.29, 0.717) is 5.92 Å². The lowest BCUT2D eigenvalue weighted by molar-refractivity contribution is 0.696. The zero-order valence-electron chi connectivity index (χ0n) is 12.6. The molecule has 0 amide bonds. The Balaban J connectivity index is 0.00000361. The molecule has 20 heavy (non-hydrogen) atoms. The van der Waals surface area contributed by atoms with Crippen LogP contribution in [0.5, 0.6) is 0 Å². The van der Waals surface area contributed by atoms with Crippen LogP contribution in [0.15, 0.2) is 35.3 Å². The van der Waals surface area contributed by atoms with Crippen molar-refractivity contribution in [2.24, 2.45) is 4.99 Å². The molecule has 0 aliphatic rings. The number of rotatable bonds is 7. The van der Waals surface area contributed by atoms with Gasteiger partial charge < -0.3 is 10.6 Å². The van der Waals surface area contributed by atoms with Gasteiger partial charge in [0.25, 0.3) is 0 Å². The lowest BCUT2D eigenvalue weighted by Crippen LogP contribution is -2.39. The molecule has 0 heterocycles. The number of benzene rings is 1. The van der Waals surface area contributed by atoms with Crippen molar-refractivity contribution in [1.82, 2.24) is 10.6 Å². The molecule has 0 saturated heterocycles. The lowest BCUT2D eigenvalue weighted by Gasteiger charge is -2.16. The molecule has 114 valence electrons. The molecule has 1 rings (SSSR count). The number of hydrogen-bond acceptors (Lipinski definition) is 2.